The molecule has 5 heteroatoms. The summed E-state index contributed by atoms with van der Waals surface area (Å²) >= 11 is 3.16. The molecule has 1 aromatic carbocycles. The number of nitrogens with zero attached hydrogens (tertiary/aromatic N) is 2. The number of hydrogen-bond donors (Lipinski definition) is 0. The van der Waals surface area contributed by atoms with E-state index in [2.05, 4.69) is 25.9 Å². The van der Waals surface area contributed by atoms with Crippen LogP contribution in [0.15, 0.2) is 28.9 Å². The van der Waals surface area contributed by atoms with Gasteiger partial charge in [0.25, 0.3) is 0 Å². The Bertz CT molecular complexity index is 503. The summed E-state index contributed by atoms with van der Waals surface area (Å²) < 4.78 is 27.5. The van der Waals surface area contributed by atoms with Crippen LogP contribution in [0.4, 0.5) is 8.78 Å². The first kappa shape index (κ1) is 11.1. The quantitative estimate of drug-likeness (QED) is 0.749. The van der Waals surface area contributed by atoms with Gasteiger partial charge in [0, 0.05) is 0 Å². The lowest BCUT2D eigenvalue weighted by molar-refractivity contribution is 0.588. The number of rotatable bonds is 1. The summed E-state index contributed by atoms with van der Waals surface area (Å²) in [6.07, 6.45) is 0. The van der Waals surface area contributed by atoms with Crippen molar-refractivity contribution in [1.29, 1.82) is 0 Å². The third-order valence-electron chi connectivity index (χ3n) is 2.03. The van der Waals surface area contributed by atoms with E-state index in [1.807, 2.05) is 0 Å². The maximum Gasteiger partial charge on any atom is 0.135 e. The smallest absolute Gasteiger partial charge is 0.135 e. The van der Waals surface area contributed by atoms with Crippen molar-refractivity contribution < 1.29 is 8.78 Å². The molecule has 0 aliphatic rings. The Morgan fingerprint density at radius 1 is 1.12 bits per heavy atom. The molecule has 1 aromatic heterocycles. The molecule has 0 spiro atoms. The van der Waals surface area contributed by atoms with Crippen LogP contribution in [0.25, 0.3) is 11.3 Å². The molecule has 0 radical (unpaired) electrons. The van der Waals surface area contributed by atoms with E-state index in [9.17, 15) is 8.78 Å². The number of benzene rings is 1. The van der Waals surface area contributed by atoms with Crippen LogP contribution in [0.3, 0.4) is 0 Å². The first-order valence-corrected chi connectivity index (χ1v) is 5.33. The number of hydrogen-bond acceptors (Lipinski definition) is 2. The number of aromatic nitrogens is 2. The molecule has 0 aliphatic heterocycles. The SMILES string of the molecule is Cc1nc(Br)cc(-c2c(F)cccc2F)n1. The van der Waals surface area contributed by atoms with Gasteiger partial charge in [-0.1, -0.05) is 6.07 Å². The van der Waals surface area contributed by atoms with Crippen molar-refractivity contribution in [1.82, 2.24) is 9.97 Å². The molecule has 0 atom stereocenters. The second-order valence-corrected chi connectivity index (χ2v) is 4.03. The highest BCUT2D eigenvalue weighted by atomic mass is 79.9. The fraction of sp³-hybridized carbons (Fsp3) is 0.0909. The molecule has 2 nitrogen and oxygen atoms in total. The third-order valence-corrected chi connectivity index (χ3v) is 2.43. The van der Waals surface area contributed by atoms with Crippen LogP contribution in [-0.2, 0) is 0 Å². The molecule has 0 saturated heterocycles. The highest BCUT2D eigenvalue weighted by Gasteiger charge is 2.13. The predicted molar refractivity (Wildman–Crippen MR) is 59.8 cm³/mol. The average Bonchev–Trinajstić information content (AvgIpc) is 2.15. The highest BCUT2D eigenvalue weighted by molar-refractivity contribution is 9.10. The van der Waals surface area contributed by atoms with Gasteiger partial charge in [-0.25, -0.2) is 18.7 Å². The Kier molecular flexibility index (Phi) is 2.96. The summed E-state index contributed by atoms with van der Waals surface area (Å²) in [7, 11) is 0. The van der Waals surface area contributed by atoms with Gasteiger partial charge in [-0.3, -0.25) is 0 Å². The van der Waals surface area contributed by atoms with Crippen molar-refractivity contribution in [2.75, 3.05) is 0 Å². The van der Waals surface area contributed by atoms with Gasteiger partial charge < -0.3 is 0 Å². The molecule has 1 heterocycles. The maximum atomic E-state index is 13.5. The largest absolute Gasteiger partial charge is 0.233 e. The van der Waals surface area contributed by atoms with Crippen LogP contribution >= 0.6 is 15.9 Å². The van der Waals surface area contributed by atoms with Crippen molar-refractivity contribution >= 4 is 15.9 Å². The van der Waals surface area contributed by atoms with E-state index in [1.165, 1.54) is 24.3 Å². The van der Waals surface area contributed by atoms with Crippen molar-refractivity contribution in [3.05, 3.63) is 46.3 Å². The lowest BCUT2D eigenvalue weighted by atomic mass is 10.1. The molecule has 16 heavy (non-hydrogen) atoms. The minimum Gasteiger partial charge on any atom is -0.233 e. The topological polar surface area (TPSA) is 25.8 Å². The van der Waals surface area contributed by atoms with Gasteiger partial charge in [-0.15, -0.1) is 0 Å². The zero-order chi connectivity index (χ0) is 11.7. The van der Waals surface area contributed by atoms with Crippen LogP contribution in [0.2, 0.25) is 0 Å². The minimum atomic E-state index is -0.634. The van der Waals surface area contributed by atoms with E-state index < -0.39 is 11.6 Å². The van der Waals surface area contributed by atoms with Gasteiger partial charge in [0.1, 0.15) is 22.1 Å². The van der Waals surface area contributed by atoms with Gasteiger partial charge in [-0.05, 0) is 41.1 Å². The van der Waals surface area contributed by atoms with Crippen LogP contribution in [0.1, 0.15) is 5.82 Å². The summed E-state index contributed by atoms with van der Waals surface area (Å²) in [5.74, 6) is -0.818. The molecule has 0 unspecified atom stereocenters. The summed E-state index contributed by atoms with van der Waals surface area (Å²) in [5, 5.41) is 0. The molecule has 0 N–H and O–H groups in total. The minimum absolute atomic E-state index is 0.131. The maximum absolute atomic E-state index is 13.5. The molecule has 0 amide bonds. The molecule has 0 aliphatic carbocycles. The lowest BCUT2D eigenvalue weighted by Gasteiger charge is -2.05. The molecule has 2 aromatic rings. The van der Waals surface area contributed by atoms with Gasteiger partial charge in [-0.2, -0.15) is 0 Å². The summed E-state index contributed by atoms with van der Waals surface area (Å²) in [4.78, 5) is 7.98. The van der Waals surface area contributed by atoms with Crippen molar-refractivity contribution in [2.45, 2.75) is 6.92 Å². The Hall–Kier alpha value is -1.36. The van der Waals surface area contributed by atoms with Crippen molar-refractivity contribution in [3.8, 4) is 11.3 Å². The second kappa shape index (κ2) is 4.25. The number of aryl methyl sites for hydroxylation is 1. The van der Waals surface area contributed by atoms with Gasteiger partial charge in [0.2, 0.25) is 0 Å². The Morgan fingerprint density at radius 3 is 2.31 bits per heavy atom. The summed E-state index contributed by atoms with van der Waals surface area (Å²) in [6.45, 7) is 1.66. The van der Waals surface area contributed by atoms with E-state index in [0.29, 0.717) is 10.4 Å². The van der Waals surface area contributed by atoms with Crippen LogP contribution in [-0.4, -0.2) is 9.97 Å². The fourth-order valence-electron chi connectivity index (χ4n) is 1.40. The van der Waals surface area contributed by atoms with E-state index in [4.69, 9.17) is 0 Å². The monoisotopic (exact) mass is 284 g/mol. The Labute approximate surface area is 99.5 Å². The molecule has 2 rings (SSSR count). The fourth-order valence-corrected chi connectivity index (χ4v) is 1.88. The van der Waals surface area contributed by atoms with Gasteiger partial charge in [0.05, 0.1) is 11.3 Å². The second-order valence-electron chi connectivity index (χ2n) is 3.22. The molecular weight excluding hydrogens is 278 g/mol. The predicted octanol–water partition coefficient (Wildman–Crippen LogP) is 3.49. The van der Waals surface area contributed by atoms with Gasteiger partial charge >= 0.3 is 0 Å². The van der Waals surface area contributed by atoms with E-state index >= 15 is 0 Å². The Morgan fingerprint density at radius 2 is 1.75 bits per heavy atom. The van der Waals surface area contributed by atoms with E-state index in [1.54, 1.807) is 6.92 Å². The zero-order valence-corrected chi connectivity index (χ0v) is 9.92. The average molecular weight is 285 g/mol. The van der Waals surface area contributed by atoms with Crippen LogP contribution in [0, 0.1) is 18.6 Å². The van der Waals surface area contributed by atoms with Crippen molar-refractivity contribution in [2.24, 2.45) is 0 Å². The standard InChI is InChI=1S/C11H7BrF2N2/c1-6-15-9(5-10(12)16-6)11-7(13)3-2-4-8(11)14/h2-5H,1H3. The highest BCUT2D eigenvalue weighted by Crippen LogP contribution is 2.25. The van der Waals surface area contributed by atoms with E-state index in [-0.39, 0.29) is 11.3 Å². The molecule has 0 saturated carbocycles. The van der Waals surface area contributed by atoms with Crippen molar-refractivity contribution in [3.63, 3.8) is 0 Å². The van der Waals surface area contributed by atoms with Crippen LogP contribution in [0.5, 0.6) is 0 Å². The van der Waals surface area contributed by atoms with Gasteiger partial charge in [0.15, 0.2) is 0 Å². The molecule has 0 fully saturated rings. The van der Waals surface area contributed by atoms with Crippen LogP contribution < -0.4 is 0 Å². The zero-order valence-electron chi connectivity index (χ0n) is 8.34. The molecular formula is C11H7BrF2N2. The van der Waals surface area contributed by atoms with E-state index in [0.717, 1.165) is 0 Å². The normalized spacial score (nSPS) is 10.5. The molecule has 82 valence electrons. The summed E-state index contributed by atoms with van der Waals surface area (Å²) in [5.41, 5.74) is 0.101. The first-order valence-electron chi connectivity index (χ1n) is 4.53. The number of halogens is 3. The molecule has 0 bridgehead atoms. The Balaban J connectivity index is 2.67. The third kappa shape index (κ3) is 2.09. The lowest BCUT2D eigenvalue weighted by Crippen LogP contribution is -1.96. The first-order chi connectivity index (χ1) is 7.58. The summed E-state index contributed by atoms with van der Waals surface area (Å²) in [6, 6.07) is 5.19.